The number of carbonyl (C=O) groups is 2. The van der Waals surface area contributed by atoms with Crippen molar-refractivity contribution in [1.29, 1.82) is 0 Å². The summed E-state index contributed by atoms with van der Waals surface area (Å²) in [7, 11) is 0. The Morgan fingerprint density at radius 3 is 2.26 bits per heavy atom. The summed E-state index contributed by atoms with van der Waals surface area (Å²) in [6.07, 6.45) is 0. The minimum atomic E-state index is -0.909. The zero-order valence-corrected chi connectivity index (χ0v) is 13.3. The number of halogens is 1. The molecule has 0 aliphatic carbocycles. The molecule has 0 spiro atoms. The number of aryl methyl sites for hydroxylation is 1. The fraction of sp³-hybridized carbons (Fsp3) is 0.222. The van der Waals surface area contributed by atoms with Crippen molar-refractivity contribution in [2.45, 2.75) is 26.7 Å². The number of para-hydroxylation sites is 2. The maximum absolute atomic E-state index is 13.5. The number of nitrogens with one attached hydrogen (secondary N) is 2. The minimum Gasteiger partial charge on any atom is -0.317 e. The van der Waals surface area contributed by atoms with Gasteiger partial charge in [-0.3, -0.25) is 9.59 Å². The highest BCUT2D eigenvalue weighted by Crippen LogP contribution is 2.27. The number of amides is 2. The average molecular weight is 314 g/mol. The molecule has 0 aliphatic heterocycles. The highest BCUT2D eigenvalue weighted by atomic mass is 19.1. The van der Waals surface area contributed by atoms with Crippen LogP contribution < -0.4 is 10.6 Å². The van der Waals surface area contributed by atoms with E-state index in [1.54, 1.807) is 6.07 Å². The molecule has 2 rings (SSSR count). The maximum Gasteiger partial charge on any atom is 0.314 e. The topological polar surface area (TPSA) is 58.2 Å². The van der Waals surface area contributed by atoms with E-state index in [0.29, 0.717) is 5.69 Å². The van der Waals surface area contributed by atoms with Gasteiger partial charge < -0.3 is 10.6 Å². The third-order valence-electron chi connectivity index (χ3n) is 3.49. The molecule has 0 aromatic heterocycles. The van der Waals surface area contributed by atoms with E-state index >= 15 is 0 Å². The van der Waals surface area contributed by atoms with Crippen LogP contribution >= 0.6 is 0 Å². The molecule has 0 aliphatic rings. The Morgan fingerprint density at radius 2 is 1.61 bits per heavy atom. The van der Waals surface area contributed by atoms with E-state index < -0.39 is 17.6 Å². The molecule has 23 heavy (non-hydrogen) atoms. The Balaban J connectivity index is 2.17. The van der Waals surface area contributed by atoms with Crippen molar-refractivity contribution >= 4 is 23.2 Å². The molecule has 0 radical (unpaired) electrons. The first-order chi connectivity index (χ1) is 10.9. The van der Waals surface area contributed by atoms with Crippen LogP contribution in [-0.2, 0) is 9.59 Å². The molecule has 5 heteroatoms. The lowest BCUT2D eigenvalue weighted by atomic mass is 9.98. The summed E-state index contributed by atoms with van der Waals surface area (Å²) in [5.41, 5.74) is 2.40. The second-order valence-corrected chi connectivity index (χ2v) is 5.58. The fourth-order valence-electron chi connectivity index (χ4n) is 2.25. The van der Waals surface area contributed by atoms with Gasteiger partial charge in [0.25, 0.3) is 0 Å². The third kappa shape index (κ3) is 3.94. The lowest BCUT2D eigenvalue weighted by Crippen LogP contribution is -2.30. The highest BCUT2D eigenvalue weighted by Gasteiger charge is 2.18. The van der Waals surface area contributed by atoms with Crippen molar-refractivity contribution in [3.63, 3.8) is 0 Å². The summed E-state index contributed by atoms with van der Waals surface area (Å²) in [4.78, 5) is 24.1. The summed E-state index contributed by atoms with van der Waals surface area (Å²) >= 11 is 0. The molecule has 4 nitrogen and oxygen atoms in total. The van der Waals surface area contributed by atoms with Crippen molar-refractivity contribution in [3.8, 4) is 0 Å². The Hall–Kier alpha value is -2.69. The fourth-order valence-corrected chi connectivity index (χ4v) is 2.25. The first kappa shape index (κ1) is 16.7. The van der Waals surface area contributed by atoms with Gasteiger partial charge in [-0.1, -0.05) is 44.2 Å². The Labute approximate surface area is 134 Å². The molecule has 0 atom stereocenters. The van der Waals surface area contributed by atoms with Crippen LogP contribution in [0.15, 0.2) is 42.5 Å². The van der Waals surface area contributed by atoms with Gasteiger partial charge in [-0.05, 0) is 36.1 Å². The van der Waals surface area contributed by atoms with Gasteiger partial charge in [0.05, 0.1) is 5.69 Å². The van der Waals surface area contributed by atoms with Crippen LogP contribution in [0.2, 0.25) is 0 Å². The number of hydrogen-bond donors (Lipinski definition) is 2. The SMILES string of the molecule is Cc1cccc(C(C)C)c1NC(=O)C(=O)Nc1ccccc1F. The van der Waals surface area contributed by atoms with Crippen LogP contribution in [0, 0.1) is 12.7 Å². The number of anilines is 2. The number of hydrogen-bond acceptors (Lipinski definition) is 2. The molecule has 2 amide bonds. The lowest BCUT2D eigenvalue weighted by molar-refractivity contribution is -0.133. The predicted octanol–water partition coefficient (Wildman–Crippen LogP) is 3.83. The van der Waals surface area contributed by atoms with Crippen molar-refractivity contribution in [2.24, 2.45) is 0 Å². The highest BCUT2D eigenvalue weighted by molar-refractivity contribution is 6.43. The van der Waals surface area contributed by atoms with E-state index in [1.807, 2.05) is 39.0 Å². The summed E-state index contributed by atoms with van der Waals surface area (Å²) in [6, 6.07) is 11.4. The molecule has 2 N–H and O–H groups in total. The van der Waals surface area contributed by atoms with E-state index in [2.05, 4.69) is 10.6 Å². The number of carbonyl (C=O) groups excluding carboxylic acids is 2. The summed E-state index contributed by atoms with van der Waals surface area (Å²) in [5.74, 6) is -2.13. The van der Waals surface area contributed by atoms with Crippen molar-refractivity contribution in [1.82, 2.24) is 0 Å². The van der Waals surface area contributed by atoms with Gasteiger partial charge in [0.15, 0.2) is 0 Å². The van der Waals surface area contributed by atoms with E-state index in [9.17, 15) is 14.0 Å². The molecular formula is C18H19FN2O2. The van der Waals surface area contributed by atoms with Gasteiger partial charge in [-0.25, -0.2) is 4.39 Å². The van der Waals surface area contributed by atoms with Gasteiger partial charge in [0.2, 0.25) is 0 Å². The van der Waals surface area contributed by atoms with E-state index in [-0.39, 0.29) is 11.6 Å². The number of benzene rings is 2. The van der Waals surface area contributed by atoms with Gasteiger partial charge in [0.1, 0.15) is 5.82 Å². The quantitative estimate of drug-likeness (QED) is 0.846. The van der Waals surface area contributed by atoms with E-state index in [4.69, 9.17) is 0 Å². The standard InChI is InChI=1S/C18H19FN2O2/c1-11(2)13-8-6-7-12(3)16(13)21-18(23)17(22)20-15-10-5-4-9-14(15)19/h4-11H,1-3H3,(H,20,22)(H,21,23). The van der Waals surface area contributed by atoms with Gasteiger partial charge in [-0.15, -0.1) is 0 Å². The molecule has 2 aromatic carbocycles. The van der Waals surface area contributed by atoms with Gasteiger partial charge >= 0.3 is 11.8 Å². The van der Waals surface area contributed by atoms with E-state index in [1.165, 1.54) is 18.2 Å². The number of rotatable bonds is 3. The molecule has 0 saturated heterocycles. The minimum absolute atomic E-state index is 0.0264. The average Bonchev–Trinajstić information content (AvgIpc) is 2.51. The van der Waals surface area contributed by atoms with Crippen LogP contribution in [0.4, 0.5) is 15.8 Å². The van der Waals surface area contributed by atoms with Crippen LogP contribution in [0.1, 0.15) is 30.9 Å². The van der Waals surface area contributed by atoms with Crippen molar-refractivity contribution in [2.75, 3.05) is 10.6 Å². The van der Waals surface area contributed by atoms with Gasteiger partial charge in [0, 0.05) is 5.69 Å². The molecule has 0 bridgehead atoms. The third-order valence-corrected chi connectivity index (χ3v) is 3.49. The van der Waals surface area contributed by atoms with Crippen LogP contribution in [0.5, 0.6) is 0 Å². The van der Waals surface area contributed by atoms with E-state index in [0.717, 1.165) is 11.1 Å². The smallest absolute Gasteiger partial charge is 0.314 e. The Morgan fingerprint density at radius 1 is 0.957 bits per heavy atom. The van der Waals surface area contributed by atoms with Crippen molar-refractivity contribution < 1.29 is 14.0 Å². The van der Waals surface area contributed by atoms with Crippen LogP contribution in [-0.4, -0.2) is 11.8 Å². The molecule has 0 heterocycles. The maximum atomic E-state index is 13.5. The lowest BCUT2D eigenvalue weighted by Gasteiger charge is -2.16. The second kappa shape index (κ2) is 7.05. The molecule has 2 aromatic rings. The zero-order valence-electron chi connectivity index (χ0n) is 13.3. The zero-order chi connectivity index (χ0) is 17.0. The molecule has 120 valence electrons. The normalized spacial score (nSPS) is 10.5. The first-order valence-electron chi connectivity index (χ1n) is 7.36. The summed E-state index contributed by atoms with van der Waals surface area (Å²) < 4.78 is 13.5. The molecule has 0 unspecified atom stereocenters. The summed E-state index contributed by atoms with van der Waals surface area (Å²) in [5, 5.41) is 4.90. The van der Waals surface area contributed by atoms with Gasteiger partial charge in [-0.2, -0.15) is 0 Å². The Kier molecular flexibility index (Phi) is 5.11. The monoisotopic (exact) mass is 314 g/mol. The molecule has 0 fully saturated rings. The Bertz CT molecular complexity index is 742. The first-order valence-corrected chi connectivity index (χ1v) is 7.36. The summed E-state index contributed by atoms with van der Waals surface area (Å²) in [6.45, 7) is 5.87. The van der Waals surface area contributed by atoms with Crippen LogP contribution in [0.25, 0.3) is 0 Å². The molecule has 0 saturated carbocycles. The van der Waals surface area contributed by atoms with Crippen LogP contribution in [0.3, 0.4) is 0 Å². The predicted molar refractivity (Wildman–Crippen MR) is 88.9 cm³/mol. The second-order valence-electron chi connectivity index (χ2n) is 5.58. The molecular weight excluding hydrogens is 295 g/mol. The largest absolute Gasteiger partial charge is 0.317 e. The van der Waals surface area contributed by atoms with Crippen molar-refractivity contribution in [3.05, 3.63) is 59.4 Å².